The molecule has 4 nitrogen and oxygen atoms in total. The van der Waals surface area contributed by atoms with E-state index >= 15 is 0 Å². The molecule has 1 aliphatic rings. The molecule has 1 aromatic heterocycles. The smallest absolute Gasteiger partial charge is 0.150 e. The van der Waals surface area contributed by atoms with Crippen LogP contribution in [0.2, 0.25) is 0 Å². The molecule has 0 radical (unpaired) electrons. The van der Waals surface area contributed by atoms with E-state index in [1.54, 1.807) is 0 Å². The Morgan fingerprint density at radius 3 is 2.75 bits per heavy atom. The van der Waals surface area contributed by atoms with Crippen LogP contribution in [0, 0.1) is 12.8 Å². The van der Waals surface area contributed by atoms with Crippen molar-refractivity contribution >= 4 is 11.5 Å². The van der Waals surface area contributed by atoms with Gasteiger partial charge in [0.05, 0.1) is 5.69 Å². The van der Waals surface area contributed by atoms with Gasteiger partial charge < -0.3 is 10.2 Å². The lowest BCUT2D eigenvalue weighted by Gasteiger charge is -2.24. The first-order valence-electron chi connectivity index (χ1n) is 6.23. The van der Waals surface area contributed by atoms with Crippen LogP contribution < -0.4 is 10.2 Å². The van der Waals surface area contributed by atoms with Crippen LogP contribution >= 0.6 is 0 Å². The Labute approximate surface area is 97.6 Å². The normalized spacial score (nSPS) is 20.2. The first-order valence-corrected chi connectivity index (χ1v) is 6.23. The van der Waals surface area contributed by atoms with Crippen molar-refractivity contribution in [3.05, 3.63) is 5.69 Å². The van der Waals surface area contributed by atoms with E-state index in [0.717, 1.165) is 31.9 Å². The standard InChI is InChI=1S/C12H22N4/c1-5-15-8-9(3)7-13-11-10(4)14-16(6-2)12(11)15/h9,13H,5-8H2,1-4H3. The van der Waals surface area contributed by atoms with Gasteiger partial charge >= 0.3 is 0 Å². The molecule has 1 aromatic rings. The summed E-state index contributed by atoms with van der Waals surface area (Å²) in [7, 11) is 0. The summed E-state index contributed by atoms with van der Waals surface area (Å²) in [5, 5.41) is 8.13. The molecule has 1 N–H and O–H groups in total. The number of aromatic nitrogens is 2. The second kappa shape index (κ2) is 4.36. The molecule has 1 unspecified atom stereocenters. The Kier molecular flexibility index (Phi) is 3.08. The van der Waals surface area contributed by atoms with Gasteiger partial charge in [-0.15, -0.1) is 0 Å². The number of anilines is 2. The average molecular weight is 222 g/mol. The molecule has 2 rings (SSSR count). The molecule has 0 fully saturated rings. The SMILES string of the molecule is CCN1CC(C)CNc2c(C)nn(CC)c21. The van der Waals surface area contributed by atoms with Gasteiger partial charge in [-0.3, -0.25) is 0 Å². The summed E-state index contributed by atoms with van der Waals surface area (Å²) in [6, 6.07) is 0. The van der Waals surface area contributed by atoms with Crippen molar-refractivity contribution in [1.82, 2.24) is 9.78 Å². The molecule has 0 saturated carbocycles. The summed E-state index contributed by atoms with van der Waals surface area (Å²) < 4.78 is 2.11. The third kappa shape index (κ3) is 1.77. The van der Waals surface area contributed by atoms with Crippen LogP contribution in [0.3, 0.4) is 0 Å². The quantitative estimate of drug-likeness (QED) is 0.832. The van der Waals surface area contributed by atoms with Crippen molar-refractivity contribution in [2.45, 2.75) is 34.2 Å². The van der Waals surface area contributed by atoms with E-state index in [9.17, 15) is 0 Å². The van der Waals surface area contributed by atoms with Crippen LogP contribution in [0.1, 0.15) is 26.5 Å². The van der Waals surface area contributed by atoms with E-state index in [0.29, 0.717) is 5.92 Å². The number of nitrogens with zero attached hydrogens (tertiary/aromatic N) is 3. The molecule has 4 heteroatoms. The van der Waals surface area contributed by atoms with Crippen molar-refractivity contribution in [3.8, 4) is 0 Å². The van der Waals surface area contributed by atoms with Crippen LogP contribution in [0.25, 0.3) is 0 Å². The number of nitrogens with one attached hydrogen (secondary N) is 1. The zero-order chi connectivity index (χ0) is 11.7. The maximum atomic E-state index is 4.59. The molecule has 1 aliphatic heterocycles. The zero-order valence-electron chi connectivity index (χ0n) is 10.7. The number of hydrogen-bond donors (Lipinski definition) is 1. The van der Waals surface area contributed by atoms with Gasteiger partial charge in [0.2, 0.25) is 0 Å². The molecule has 0 aromatic carbocycles. The molecule has 0 aliphatic carbocycles. The summed E-state index contributed by atoms with van der Waals surface area (Å²) >= 11 is 0. The second-order valence-corrected chi connectivity index (χ2v) is 4.62. The molecule has 16 heavy (non-hydrogen) atoms. The maximum absolute atomic E-state index is 4.59. The van der Waals surface area contributed by atoms with Crippen molar-refractivity contribution < 1.29 is 0 Å². The molecule has 90 valence electrons. The lowest BCUT2D eigenvalue weighted by molar-refractivity contribution is 0.574. The minimum absolute atomic E-state index is 0.678. The Morgan fingerprint density at radius 1 is 1.38 bits per heavy atom. The number of hydrogen-bond acceptors (Lipinski definition) is 3. The number of aryl methyl sites for hydroxylation is 2. The predicted octanol–water partition coefficient (Wildman–Crippen LogP) is 2.10. The first kappa shape index (κ1) is 11.3. The fourth-order valence-electron chi connectivity index (χ4n) is 2.40. The number of rotatable bonds is 2. The molecular weight excluding hydrogens is 200 g/mol. The van der Waals surface area contributed by atoms with Crippen LogP contribution in [-0.2, 0) is 6.54 Å². The Balaban J connectivity index is 2.46. The van der Waals surface area contributed by atoms with Gasteiger partial charge in [0, 0.05) is 26.2 Å². The molecule has 0 spiro atoms. The molecule has 0 saturated heterocycles. The van der Waals surface area contributed by atoms with Crippen molar-refractivity contribution in [3.63, 3.8) is 0 Å². The second-order valence-electron chi connectivity index (χ2n) is 4.62. The highest BCUT2D eigenvalue weighted by Crippen LogP contribution is 2.32. The molecule has 2 heterocycles. The number of fused-ring (bicyclic) bond motifs is 1. The van der Waals surface area contributed by atoms with Gasteiger partial charge in [-0.1, -0.05) is 6.92 Å². The van der Waals surface area contributed by atoms with Gasteiger partial charge in [0.15, 0.2) is 5.82 Å². The lowest BCUT2D eigenvalue weighted by atomic mass is 10.2. The topological polar surface area (TPSA) is 33.1 Å². The van der Waals surface area contributed by atoms with E-state index in [-0.39, 0.29) is 0 Å². The Bertz CT molecular complexity index is 369. The van der Waals surface area contributed by atoms with Gasteiger partial charge in [0.1, 0.15) is 5.69 Å². The van der Waals surface area contributed by atoms with E-state index in [1.807, 2.05) is 0 Å². The fraction of sp³-hybridized carbons (Fsp3) is 0.750. The van der Waals surface area contributed by atoms with Crippen LogP contribution in [-0.4, -0.2) is 29.4 Å². The molecule has 0 amide bonds. The van der Waals surface area contributed by atoms with Gasteiger partial charge in [-0.25, -0.2) is 4.68 Å². The van der Waals surface area contributed by atoms with E-state index in [4.69, 9.17) is 0 Å². The van der Waals surface area contributed by atoms with Crippen molar-refractivity contribution in [1.29, 1.82) is 0 Å². The summed E-state index contributed by atoms with van der Waals surface area (Å²) in [5.74, 6) is 1.95. The largest absolute Gasteiger partial charge is 0.380 e. The molecular formula is C12H22N4. The first-order chi connectivity index (χ1) is 7.67. The lowest BCUT2D eigenvalue weighted by Crippen LogP contribution is -2.30. The summed E-state index contributed by atoms with van der Waals surface area (Å²) in [4.78, 5) is 2.43. The predicted molar refractivity (Wildman–Crippen MR) is 68.2 cm³/mol. The van der Waals surface area contributed by atoms with Gasteiger partial charge in [-0.05, 0) is 26.7 Å². The van der Waals surface area contributed by atoms with E-state index in [1.165, 1.54) is 11.5 Å². The minimum atomic E-state index is 0.678. The molecule has 1 atom stereocenters. The maximum Gasteiger partial charge on any atom is 0.150 e. The van der Waals surface area contributed by atoms with E-state index in [2.05, 4.69) is 47.7 Å². The monoisotopic (exact) mass is 222 g/mol. The van der Waals surface area contributed by atoms with Crippen LogP contribution in [0.5, 0.6) is 0 Å². The average Bonchev–Trinajstić information content (AvgIpc) is 2.48. The van der Waals surface area contributed by atoms with Gasteiger partial charge in [0.25, 0.3) is 0 Å². The summed E-state index contributed by atoms with van der Waals surface area (Å²) in [5.41, 5.74) is 2.34. The third-order valence-electron chi connectivity index (χ3n) is 3.24. The van der Waals surface area contributed by atoms with Crippen LogP contribution in [0.15, 0.2) is 0 Å². The Hall–Kier alpha value is -1.19. The fourth-order valence-corrected chi connectivity index (χ4v) is 2.40. The van der Waals surface area contributed by atoms with Gasteiger partial charge in [-0.2, -0.15) is 5.10 Å². The highest BCUT2D eigenvalue weighted by atomic mass is 15.4. The van der Waals surface area contributed by atoms with Crippen molar-refractivity contribution in [2.24, 2.45) is 5.92 Å². The minimum Gasteiger partial charge on any atom is -0.380 e. The zero-order valence-corrected chi connectivity index (χ0v) is 10.7. The third-order valence-corrected chi connectivity index (χ3v) is 3.24. The van der Waals surface area contributed by atoms with E-state index < -0.39 is 0 Å². The highest BCUT2D eigenvalue weighted by Gasteiger charge is 2.24. The van der Waals surface area contributed by atoms with Crippen LogP contribution in [0.4, 0.5) is 11.5 Å². The summed E-state index contributed by atoms with van der Waals surface area (Å²) in [6.45, 7) is 12.9. The Morgan fingerprint density at radius 2 is 2.12 bits per heavy atom. The highest BCUT2D eigenvalue weighted by molar-refractivity contribution is 5.70. The summed E-state index contributed by atoms with van der Waals surface area (Å²) in [6.07, 6.45) is 0. The molecule has 0 bridgehead atoms. The van der Waals surface area contributed by atoms with Crippen molar-refractivity contribution in [2.75, 3.05) is 29.9 Å².